The van der Waals surface area contributed by atoms with Crippen molar-refractivity contribution in [2.75, 3.05) is 18.6 Å². The predicted octanol–water partition coefficient (Wildman–Crippen LogP) is 4.18. The third kappa shape index (κ3) is 4.82. The highest BCUT2D eigenvalue weighted by Gasteiger charge is 2.34. The molecule has 0 bridgehead atoms. The minimum Gasteiger partial charge on any atom is -0.317 e. The van der Waals surface area contributed by atoms with Crippen molar-refractivity contribution in [2.45, 2.75) is 59.4 Å². The molecule has 1 aliphatic carbocycles. The summed E-state index contributed by atoms with van der Waals surface area (Å²) >= 11 is 2.10. The van der Waals surface area contributed by atoms with E-state index in [9.17, 15) is 0 Å². The van der Waals surface area contributed by atoms with Crippen molar-refractivity contribution < 1.29 is 0 Å². The van der Waals surface area contributed by atoms with Crippen LogP contribution in [0.5, 0.6) is 0 Å². The highest BCUT2D eigenvalue weighted by atomic mass is 32.2. The van der Waals surface area contributed by atoms with E-state index in [0.717, 1.165) is 17.9 Å². The van der Waals surface area contributed by atoms with Crippen molar-refractivity contribution in [3.05, 3.63) is 0 Å². The van der Waals surface area contributed by atoms with E-state index in [1.807, 2.05) is 0 Å². The van der Waals surface area contributed by atoms with Gasteiger partial charge >= 0.3 is 0 Å². The standard InChI is InChI=1S/C15H31NS/c1-6-17-10-9-12-11-13(15(2,3)4)7-8-14(12)16-5/h12-14,16H,6-11H2,1-5H3. The predicted molar refractivity (Wildman–Crippen MR) is 80.7 cm³/mol. The van der Waals surface area contributed by atoms with Crippen molar-refractivity contribution in [1.82, 2.24) is 5.32 Å². The third-order valence-electron chi connectivity index (χ3n) is 4.42. The fourth-order valence-corrected chi connectivity index (χ4v) is 3.89. The topological polar surface area (TPSA) is 12.0 Å². The zero-order valence-corrected chi connectivity index (χ0v) is 13.2. The highest BCUT2D eigenvalue weighted by Crippen LogP contribution is 2.41. The summed E-state index contributed by atoms with van der Waals surface area (Å²) < 4.78 is 0. The van der Waals surface area contributed by atoms with Crippen molar-refractivity contribution >= 4 is 11.8 Å². The van der Waals surface area contributed by atoms with E-state index in [1.54, 1.807) is 0 Å². The minimum absolute atomic E-state index is 0.495. The molecule has 0 aliphatic heterocycles. The summed E-state index contributed by atoms with van der Waals surface area (Å²) in [4.78, 5) is 0. The van der Waals surface area contributed by atoms with Gasteiger partial charge in [-0.25, -0.2) is 0 Å². The zero-order chi connectivity index (χ0) is 12.9. The van der Waals surface area contributed by atoms with E-state index in [1.165, 1.54) is 37.2 Å². The van der Waals surface area contributed by atoms with Gasteiger partial charge in [-0.3, -0.25) is 0 Å². The molecule has 3 atom stereocenters. The summed E-state index contributed by atoms with van der Waals surface area (Å²) in [5, 5.41) is 3.54. The number of hydrogen-bond donors (Lipinski definition) is 1. The Bertz CT molecular complexity index is 209. The molecule has 1 aliphatic rings. The molecule has 102 valence electrons. The van der Waals surface area contributed by atoms with E-state index in [4.69, 9.17) is 0 Å². The van der Waals surface area contributed by atoms with Crippen LogP contribution in [0.1, 0.15) is 53.4 Å². The Morgan fingerprint density at radius 3 is 2.47 bits per heavy atom. The lowest BCUT2D eigenvalue weighted by atomic mass is 9.67. The first-order valence-corrected chi connectivity index (χ1v) is 8.39. The Hall–Kier alpha value is 0.310. The van der Waals surface area contributed by atoms with Gasteiger partial charge in [-0.15, -0.1) is 0 Å². The Kier molecular flexibility index (Phi) is 6.36. The van der Waals surface area contributed by atoms with Gasteiger partial charge in [0, 0.05) is 6.04 Å². The first kappa shape index (κ1) is 15.4. The van der Waals surface area contributed by atoms with Crippen LogP contribution in [0.3, 0.4) is 0 Å². The second kappa shape index (κ2) is 7.04. The van der Waals surface area contributed by atoms with E-state index >= 15 is 0 Å². The van der Waals surface area contributed by atoms with Crippen LogP contribution in [0.15, 0.2) is 0 Å². The number of thioether (sulfide) groups is 1. The molecule has 0 spiro atoms. The normalized spacial score (nSPS) is 30.5. The minimum atomic E-state index is 0.495. The molecule has 1 nitrogen and oxygen atoms in total. The molecule has 1 N–H and O–H groups in total. The fourth-order valence-electron chi connectivity index (χ4n) is 3.13. The average molecular weight is 257 g/mol. The summed E-state index contributed by atoms with van der Waals surface area (Å²) in [6.07, 6.45) is 5.61. The van der Waals surface area contributed by atoms with Crippen LogP contribution < -0.4 is 5.32 Å². The summed E-state index contributed by atoms with van der Waals surface area (Å²) in [6.45, 7) is 9.50. The van der Waals surface area contributed by atoms with Gasteiger partial charge in [0.2, 0.25) is 0 Å². The Labute approximate surface area is 113 Å². The quantitative estimate of drug-likeness (QED) is 0.742. The van der Waals surface area contributed by atoms with Gasteiger partial charge < -0.3 is 5.32 Å². The van der Waals surface area contributed by atoms with Crippen LogP contribution in [0.2, 0.25) is 0 Å². The maximum Gasteiger partial charge on any atom is 0.00928 e. The van der Waals surface area contributed by atoms with Crippen LogP contribution in [0.4, 0.5) is 0 Å². The molecular formula is C15H31NS. The third-order valence-corrected chi connectivity index (χ3v) is 5.35. The molecule has 0 radical (unpaired) electrons. The van der Waals surface area contributed by atoms with Crippen molar-refractivity contribution in [3.63, 3.8) is 0 Å². The summed E-state index contributed by atoms with van der Waals surface area (Å²) in [7, 11) is 2.14. The summed E-state index contributed by atoms with van der Waals surface area (Å²) in [6, 6.07) is 0.769. The Morgan fingerprint density at radius 1 is 1.24 bits per heavy atom. The number of rotatable bonds is 5. The molecule has 1 saturated carbocycles. The second-order valence-electron chi connectivity index (χ2n) is 6.52. The van der Waals surface area contributed by atoms with Gasteiger partial charge in [-0.05, 0) is 61.5 Å². The van der Waals surface area contributed by atoms with E-state index in [2.05, 4.69) is 51.8 Å². The monoisotopic (exact) mass is 257 g/mol. The van der Waals surface area contributed by atoms with Crippen LogP contribution in [0, 0.1) is 17.3 Å². The van der Waals surface area contributed by atoms with E-state index in [0.29, 0.717) is 5.41 Å². The molecule has 2 heteroatoms. The first-order valence-electron chi connectivity index (χ1n) is 7.24. The Balaban J connectivity index is 2.49. The van der Waals surface area contributed by atoms with Crippen LogP contribution >= 0.6 is 11.8 Å². The Morgan fingerprint density at radius 2 is 1.94 bits per heavy atom. The molecule has 3 unspecified atom stereocenters. The van der Waals surface area contributed by atoms with Gasteiger partial charge in [0.25, 0.3) is 0 Å². The average Bonchev–Trinajstić information content (AvgIpc) is 2.28. The lowest BCUT2D eigenvalue weighted by Gasteiger charge is -2.42. The number of nitrogens with one attached hydrogen (secondary N) is 1. The van der Waals surface area contributed by atoms with Crippen LogP contribution in [-0.2, 0) is 0 Å². The molecule has 0 heterocycles. The molecule has 1 rings (SSSR count). The maximum atomic E-state index is 3.54. The molecular weight excluding hydrogens is 226 g/mol. The molecule has 17 heavy (non-hydrogen) atoms. The molecule has 0 aromatic rings. The van der Waals surface area contributed by atoms with Gasteiger partial charge in [-0.2, -0.15) is 11.8 Å². The zero-order valence-electron chi connectivity index (χ0n) is 12.4. The second-order valence-corrected chi connectivity index (χ2v) is 7.91. The number of hydrogen-bond acceptors (Lipinski definition) is 2. The SMILES string of the molecule is CCSCCC1CC(C(C)(C)C)CCC1NC. The van der Waals surface area contributed by atoms with E-state index in [-0.39, 0.29) is 0 Å². The maximum absolute atomic E-state index is 3.54. The van der Waals surface area contributed by atoms with Crippen LogP contribution in [0.25, 0.3) is 0 Å². The lowest BCUT2D eigenvalue weighted by Crippen LogP contribution is -2.41. The molecule has 0 amide bonds. The summed E-state index contributed by atoms with van der Waals surface area (Å²) in [5.41, 5.74) is 0.495. The van der Waals surface area contributed by atoms with Gasteiger partial charge in [0.15, 0.2) is 0 Å². The highest BCUT2D eigenvalue weighted by molar-refractivity contribution is 7.99. The largest absolute Gasteiger partial charge is 0.317 e. The van der Waals surface area contributed by atoms with Crippen molar-refractivity contribution in [2.24, 2.45) is 17.3 Å². The summed E-state index contributed by atoms with van der Waals surface area (Å²) in [5.74, 6) is 4.43. The van der Waals surface area contributed by atoms with E-state index < -0.39 is 0 Å². The molecule has 0 saturated heterocycles. The first-order chi connectivity index (χ1) is 7.99. The smallest absolute Gasteiger partial charge is 0.00928 e. The van der Waals surface area contributed by atoms with Gasteiger partial charge in [0.1, 0.15) is 0 Å². The molecule has 0 aromatic carbocycles. The van der Waals surface area contributed by atoms with Crippen LogP contribution in [-0.4, -0.2) is 24.6 Å². The van der Waals surface area contributed by atoms with Crippen molar-refractivity contribution in [1.29, 1.82) is 0 Å². The fraction of sp³-hybridized carbons (Fsp3) is 1.00. The van der Waals surface area contributed by atoms with Gasteiger partial charge in [-0.1, -0.05) is 27.7 Å². The van der Waals surface area contributed by atoms with Crippen molar-refractivity contribution in [3.8, 4) is 0 Å². The molecule has 1 fully saturated rings. The molecule has 0 aromatic heterocycles. The lowest BCUT2D eigenvalue weighted by molar-refractivity contribution is 0.115. The van der Waals surface area contributed by atoms with Gasteiger partial charge in [0.05, 0.1) is 0 Å².